The number of hydrogen-bond acceptors (Lipinski definition) is 5. The van der Waals surface area contributed by atoms with Crippen LogP contribution in [0.1, 0.15) is 5.56 Å². The molecule has 0 amide bonds. The van der Waals surface area contributed by atoms with Crippen LogP contribution in [0.4, 0.5) is 5.69 Å². The van der Waals surface area contributed by atoms with Crippen molar-refractivity contribution in [2.75, 3.05) is 5.73 Å². The van der Waals surface area contributed by atoms with Gasteiger partial charge in [-0.05, 0) is 29.8 Å². The molecule has 1 aromatic heterocycles. The van der Waals surface area contributed by atoms with Gasteiger partial charge in [-0.2, -0.15) is 0 Å². The summed E-state index contributed by atoms with van der Waals surface area (Å²) in [5, 5.41) is 9.83. The summed E-state index contributed by atoms with van der Waals surface area (Å²) in [6.07, 6.45) is 0. The number of nitrogens with two attached hydrogens (primary N) is 1. The predicted octanol–water partition coefficient (Wildman–Crippen LogP) is 3.41. The summed E-state index contributed by atoms with van der Waals surface area (Å²) < 4.78 is 5.62. The average Bonchev–Trinajstić information content (AvgIpc) is 2.80. The second-order valence-electron chi connectivity index (χ2n) is 4.16. The lowest BCUT2D eigenvalue weighted by Gasteiger charge is -1.98. The number of nitrogen functional groups attached to an aromatic ring is 1. The molecule has 96 valence electrons. The Kier molecular flexibility index (Phi) is 3.05. The molecule has 1 heterocycles. The van der Waals surface area contributed by atoms with E-state index in [1.807, 2.05) is 18.2 Å². The maximum atomic E-state index is 9.21. The number of phenols is 1. The van der Waals surface area contributed by atoms with Gasteiger partial charge in [0, 0.05) is 17.5 Å². The van der Waals surface area contributed by atoms with Crippen LogP contribution in [0, 0.1) is 0 Å². The van der Waals surface area contributed by atoms with Crippen molar-refractivity contribution in [2.24, 2.45) is 0 Å². The molecule has 19 heavy (non-hydrogen) atoms. The zero-order valence-electron chi connectivity index (χ0n) is 10.0. The largest absolute Gasteiger partial charge is 0.508 e. The van der Waals surface area contributed by atoms with Crippen LogP contribution in [0.25, 0.3) is 11.1 Å². The molecule has 2 aromatic carbocycles. The third-order valence-electron chi connectivity index (χ3n) is 2.69. The molecule has 0 atom stereocenters. The Morgan fingerprint density at radius 2 is 1.95 bits per heavy atom. The van der Waals surface area contributed by atoms with Crippen LogP contribution in [-0.4, -0.2) is 10.1 Å². The second kappa shape index (κ2) is 4.85. The number of rotatable bonds is 3. The van der Waals surface area contributed by atoms with Gasteiger partial charge in [0.15, 0.2) is 5.58 Å². The summed E-state index contributed by atoms with van der Waals surface area (Å²) in [5.41, 5.74) is 8.97. The highest BCUT2D eigenvalue weighted by Gasteiger charge is 2.06. The fourth-order valence-electron chi connectivity index (χ4n) is 1.72. The van der Waals surface area contributed by atoms with E-state index in [0.29, 0.717) is 16.5 Å². The van der Waals surface area contributed by atoms with Gasteiger partial charge in [0.2, 0.25) is 0 Å². The molecule has 0 aliphatic rings. The molecule has 4 nitrogen and oxygen atoms in total. The van der Waals surface area contributed by atoms with Crippen LogP contribution < -0.4 is 5.73 Å². The fraction of sp³-hybridized carbons (Fsp3) is 0.0714. The number of oxazole rings is 1. The lowest BCUT2D eigenvalue weighted by molar-refractivity contribution is 0.475. The van der Waals surface area contributed by atoms with Gasteiger partial charge >= 0.3 is 0 Å². The first-order valence-corrected chi connectivity index (χ1v) is 6.76. The summed E-state index contributed by atoms with van der Waals surface area (Å²) in [5.74, 6) is 1.01. The van der Waals surface area contributed by atoms with Crippen molar-refractivity contribution in [2.45, 2.75) is 11.0 Å². The fourth-order valence-corrected chi connectivity index (χ4v) is 2.51. The molecule has 0 radical (unpaired) electrons. The Hall–Kier alpha value is -2.14. The van der Waals surface area contributed by atoms with E-state index in [2.05, 4.69) is 4.98 Å². The molecule has 0 bridgehead atoms. The summed E-state index contributed by atoms with van der Waals surface area (Å²) in [4.78, 5) is 4.38. The molecule has 0 saturated heterocycles. The minimum absolute atomic E-state index is 0.270. The summed E-state index contributed by atoms with van der Waals surface area (Å²) >= 11 is 1.51. The quantitative estimate of drug-likeness (QED) is 0.564. The van der Waals surface area contributed by atoms with Crippen LogP contribution in [0.15, 0.2) is 52.1 Å². The highest BCUT2D eigenvalue weighted by Crippen LogP contribution is 2.27. The van der Waals surface area contributed by atoms with Crippen LogP contribution in [0.3, 0.4) is 0 Å². The Bertz CT molecular complexity index is 707. The molecule has 0 fully saturated rings. The molecule has 0 aliphatic carbocycles. The second-order valence-corrected chi connectivity index (χ2v) is 5.09. The van der Waals surface area contributed by atoms with Gasteiger partial charge in [0.25, 0.3) is 5.22 Å². The Morgan fingerprint density at radius 1 is 1.16 bits per heavy atom. The Labute approximate surface area is 114 Å². The first-order valence-electron chi connectivity index (χ1n) is 5.77. The van der Waals surface area contributed by atoms with Crippen molar-refractivity contribution in [3.8, 4) is 5.75 Å². The van der Waals surface area contributed by atoms with E-state index in [4.69, 9.17) is 10.2 Å². The zero-order chi connectivity index (χ0) is 13.2. The third-order valence-corrected chi connectivity index (χ3v) is 3.59. The monoisotopic (exact) mass is 272 g/mol. The number of aromatic nitrogens is 1. The van der Waals surface area contributed by atoms with E-state index in [1.165, 1.54) is 11.8 Å². The molecular formula is C14H12N2O2S. The number of anilines is 1. The number of benzene rings is 2. The van der Waals surface area contributed by atoms with E-state index in [0.717, 1.165) is 16.8 Å². The first-order chi connectivity index (χ1) is 9.20. The normalized spacial score (nSPS) is 10.9. The number of hydrogen-bond donors (Lipinski definition) is 2. The molecule has 3 rings (SSSR count). The standard InChI is InChI=1S/C14H12N2O2S/c15-10-3-6-12-13(7-10)18-14(16-12)19-8-9-1-4-11(17)5-2-9/h1-7,17H,8,15H2. The molecule has 0 spiro atoms. The van der Waals surface area contributed by atoms with Crippen molar-refractivity contribution >= 4 is 28.5 Å². The van der Waals surface area contributed by atoms with Gasteiger partial charge in [-0.3, -0.25) is 0 Å². The Balaban J connectivity index is 1.76. The van der Waals surface area contributed by atoms with Crippen LogP contribution >= 0.6 is 11.8 Å². The van der Waals surface area contributed by atoms with E-state index in [9.17, 15) is 5.11 Å². The molecule has 0 saturated carbocycles. The zero-order valence-corrected chi connectivity index (χ0v) is 10.9. The van der Waals surface area contributed by atoms with Gasteiger partial charge in [0.05, 0.1) is 0 Å². The molecular weight excluding hydrogens is 260 g/mol. The van der Waals surface area contributed by atoms with Gasteiger partial charge in [-0.25, -0.2) is 4.98 Å². The molecule has 3 aromatic rings. The van der Waals surface area contributed by atoms with Gasteiger partial charge in [0.1, 0.15) is 11.3 Å². The maximum Gasteiger partial charge on any atom is 0.257 e. The van der Waals surface area contributed by atoms with E-state index in [-0.39, 0.29) is 5.75 Å². The van der Waals surface area contributed by atoms with Crippen molar-refractivity contribution < 1.29 is 9.52 Å². The number of nitrogens with zero attached hydrogens (tertiary/aromatic N) is 1. The van der Waals surface area contributed by atoms with Crippen LogP contribution in [0.2, 0.25) is 0 Å². The minimum atomic E-state index is 0.270. The summed E-state index contributed by atoms with van der Waals surface area (Å²) in [7, 11) is 0. The van der Waals surface area contributed by atoms with Crippen LogP contribution in [-0.2, 0) is 5.75 Å². The number of fused-ring (bicyclic) bond motifs is 1. The van der Waals surface area contributed by atoms with Gasteiger partial charge in [-0.1, -0.05) is 23.9 Å². The maximum absolute atomic E-state index is 9.21. The average molecular weight is 272 g/mol. The molecule has 5 heteroatoms. The SMILES string of the molecule is Nc1ccc2nc(SCc3ccc(O)cc3)oc2c1. The first kappa shape index (κ1) is 11.9. The topological polar surface area (TPSA) is 72.3 Å². The lowest BCUT2D eigenvalue weighted by atomic mass is 10.2. The lowest BCUT2D eigenvalue weighted by Crippen LogP contribution is -1.81. The Morgan fingerprint density at radius 3 is 2.74 bits per heavy atom. The van der Waals surface area contributed by atoms with E-state index in [1.54, 1.807) is 24.3 Å². The van der Waals surface area contributed by atoms with Crippen molar-refractivity contribution in [3.63, 3.8) is 0 Å². The van der Waals surface area contributed by atoms with Crippen molar-refractivity contribution in [3.05, 3.63) is 48.0 Å². The highest BCUT2D eigenvalue weighted by molar-refractivity contribution is 7.98. The summed E-state index contributed by atoms with van der Waals surface area (Å²) in [6.45, 7) is 0. The van der Waals surface area contributed by atoms with E-state index < -0.39 is 0 Å². The summed E-state index contributed by atoms with van der Waals surface area (Å²) in [6, 6.07) is 12.5. The number of thioether (sulfide) groups is 1. The predicted molar refractivity (Wildman–Crippen MR) is 76.1 cm³/mol. The number of phenolic OH excluding ortho intramolecular Hbond substituents is 1. The van der Waals surface area contributed by atoms with Crippen LogP contribution in [0.5, 0.6) is 5.75 Å². The smallest absolute Gasteiger partial charge is 0.257 e. The molecule has 0 unspecified atom stereocenters. The van der Waals surface area contributed by atoms with E-state index >= 15 is 0 Å². The molecule has 3 N–H and O–H groups in total. The van der Waals surface area contributed by atoms with Crippen molar-refractivity contribution in [1.82, 2.24) is 4.98 Å². The minimum Gasteiger partial charge on any atom is -0.508 e. The highest BCUT2D eigenvalue weighted by atomic mass is 32.2. The van der Waals surface area contributed by atoms with Gasteiger partial charge in [-0.15, -0.1) is 0 Å². The molecule has 0 aliphatic heterocycles. The third kappa shape index (κ3) is 2.66. The van der Waals surface area contributed by atoms with Crippen molar-refractivity contribution in [1.29, 1.82) is 0 Å². The number of aromatic hydroxyl groups is 1. The van der Waals surface area contributed by atoms with Gasteiger partial charge < -0.3 is 15.3 Å².